The van der Waals surface area contributed by atoms with E-state index in [4.69, 9.17) is 4.98 Å². The summed E-state index contributed by atoms with van der Waals surface area (Å²) in [6.45, 7) is 5.70. The zero-order valence-electron chi connectivity index (χ0n) is 14.7. The summed E-state index contributed by atoms with van der Waals surface area (Å²) in [5, 5.41) is 3.08. The number of hydrogen-bond donors (Lipinski definition) is 1. The molecule has 0 radical (unpaired) electrons. The summed E-state index contributed by atoms with van der Waals surface area (Å²) in [5.41, 5.74) is 2.81. The Morgan fingerprint density at radius 3 is 2.84 bits per heavy atom. The van der Waals surface area contributed by atoms with E-state index in [9.17, 15) is 4.79 Å². The number of likely N-dealkylation sites (N-methyl/N-ethyl adjacent to an activating group) is 1. The Morgan fingerprint density at radius 1 is 1.24 bits per heavy atom. The Balaban J connectivity index is 1.66. The van der Waals surface area contributed by atoms with Crippen LogP contribution in [0.1, 0.15) is 17.7 Å². The molecule has 25 heavy (non-hydrogen) atoms. The van der Waals surface area contributed by atoms with Gasteiger partial charge >= 0.3 is 6.03 Å². The molecular weight excluding hydrogens is 316 g/mol. The zero-order chi connectivity index (χ0) is 17.6. The first-order valence-electron chi connectivity index (χ1n) is 8.59. The van der Waals surface area contributed by atoms with Gasteiger partial charge in [0.25, 0.3) is 0 Å². The number of urea groups is 1. The lowest BCUT2D eigenvalue weighted by atomic mass is 10.00. The van der Waals surface area contributed by atoms with Gasteiger partial charge in [-0.05, 0) is 32.4 Å². The van der Waals surface area contributed by atoms with Crippen LogP contribution in [0.4, 0.5) is 10.6 Å². The number of hydrogen-bond acceptors (Lipinski definition) is 5. The highest BCUT2D eigenvalue weighted by Crippen LogP contribution is 2.28. The SMILES string of the molecule is Cc1nc(-c2ccccn2)nc(N2CC[C@H]3[C@@H](C2)NC(=O)N3C)c1C. The number of fused-ring (bicyclic) bond motifs is 1. The van der Waals surface area contributed by atoms with Gasteiger partial charge in [-0.15, -0.1) is 0 Å². The summed E-state index contributed by atoms with van der Waals surface area (Å²) in [6, 6.07) is 6.17. The van der Waals surface area contributed by atoms with E-state index in [1.165, 1.54) is 0 Å². The van der Waals surface area contributed by atoms with E-state index in [-0.39, 0.29) is 18.1 Å². The van der Waals surface area contributed by atoms with Crippen LogP contribution in [-0.2, 0) is 0 Å². The summed E-state index contributed by atoms with van der Waals surface area (Å²) in [5.74, 6) is 1.59. The number of pyridine rings is 1. The fraction of sp³-hybridized carbons (Fsp3) is 0.444. The normalized spacial score (nSPS) is 22.8. The van der Waals surface area contributed by atoms with Crippen LogP contribution in [0.2, 0.25) is 0 Å². The van der Waals surface area contributed by atoms with Crippen molar-refractivity contribution >= 4 is 11.8 Å². The van der Waals surface area contributed by atoms with Crippen LogP contribution in [-0.4, -0.2) is 58.1 Å². The van der Waals surface area contributed by atoms with Crippen molar-refractivity contribution in [1.29, 1.82) is 0 Å². The molecule has 2 amide bonds. The lowest BCUT2D eigenvalue weighted by Crippen LogP contribution is -2.51. The van der Waals surface area contributed by atoms with Gasteiger partial charge in [-0.1, -0.05) is 6.07 Å². The van der Waals surface area contributed by atoms with Crippen molar-refractivity contribution in [2.75, 3.05) is 25.0 Å². The number of nitrogens with zero attached hydrogens (tertiary/aromatic N) is 5. The highest BCUT2D eigenvalue weighted by atomic mass is 16.2. The molecule has 2 atom stereocenters. The average molecular weight is 338 g/mol. The fourth-order valence-corrected chi connectivity index (χ4v) is 3.68. The molecule has 2 aliphatic rings. The Labute approximate surface area is 147 Å². The van der Waals surface area contributed by atoms with Gasteiger partial charge in [-0.3, -0.25) is 4.98 Å². The van der Waals surface area contributed by atoms with E-state index < -0.39 is 0 Å². The maximum Gasteiger partial charge on any atom is 0.317 e. The highest BCUT2D eigenvalue weighted by Gasteiger charge is 2.41. The first-order valence-corrected chi connectivity index (χ1v) is 8.59. The van der Waals surface area contributed by atoms with E-state index in [1.807, 2.05) is 37.1 Å². The van der Waals surface area contributed by atoms with Gasteiger partial charge in [0.15, 0.2) is 5.82 Å². The van der Waals surface area contributed by atoms with Gasteiger partial charge in [0.1, 0.15) is 11.5 Å². The molecule has 0 spiro atoms. The summed E-state index contributed by atoms with van der Waals surface area (Å²) >= 11 is 0. The van der Waals surface area contributed by atoms with E-state index in [1.54, 1.807) is 6.20 Å². The van der Waals surface area contributed by atoms with E-state index in [0.29, 0.717) is 5.82 Å². The molecule has 1 N–H and O–H groups in total. The van der Waals surface area contributed by atoms with Crippen LogP contribution >= 0.6 is 0 Å². The average Bonchev–Trinajstić information content (AvgIpc) is 2.91. The summed E-state index contributed by atoms with van der Waals surface area (Å²) in [7, 11) is 1.87. The molecule has 0 aromatic carbocycles. The number of aromatic nitrogens is 3. The van der Waals surface area contributed by atoms with Gasteiger partial charge in [-0.25, -0.2) is 14.8 Å². The van der Waals surface area contributed by atoms with E-state index in [2.05, 4.69) is 27.1 Å². The first kappa shape index (κ1) is 15.8. The minimum Gasteiger partial charge on any atom is -0.354 e. The largest absolute Gasteiger partial charge is 0.354 e. The smallest absolute Gasteiger partial charge is 0.317 e. The minimum atomic E-state index is 0.0154. The van der Waals surface area contributed by atoms with Crippen molar-refractivity contribution in [3.63, 3.8) is 0 Å². The first-order chi connectivity index (χ1) is 12.0. The zero-order valence-corrected chi connectivity index (χ0v) is 14.7. The van der Waals surface area contributed by atoms with Crippen LogP contribution in [0.5, 0.6) is 0 Å². The van der Waals surface area contributed by atoms with Crippen LogP contribution in [0, 0.1) is 13.8 Å². The number of carbonyl (C=O) groups is 1. The lowest BCUT2D eigenvalue weighted by molar-refractivity contribution is 0.212. The monoisotopic (exact) mass is 338 g/mol. The molecule has 2 saturated heterocycles. The molecule has 2 aliphatic heterocycles. The molecule has 7 nitrogen and oxygen atoms in total. The Morgan fingerprint density at radius 2 is 2.08 bits per heavy atom. The predicted octanol–water partition coefficient (Wildman–Crippen LogP) is 1.76. The van der Waals surface area contributed by atoms with Crippen LogP contribution in [0.15, 0.2) is 24.4 Å². The van der Waals surface area contributed by atoms with Gasteiger partial charge < -0.3 is 15.1 Å². The summed E-state index contributed by atoms with van der Waals surface area (Å²) in [4.78, 5) is 29.8. The van der Waals surface area contributed by atoms with Crippen molar-refractivity contribution in [2.45, 2.75) is 32.4 Å². The second-order valence-electron chi connectivity index (χ2n) is 6.77. The van der Waals surface area contributed by atoms with Gasteiger partial charge in [0, 0.05) is 37.6 Å². The number of nitrogens with one attached hydrogen (secondary N) is 1. The number of amides is 2. The van der Waals surface area contributed by atoms with Crippen molar-refractivity contribution < 1.29 is 4.79 Å². The predicted molar refractivity (Wildman–Crippen MR) is 95.4 cm³/mol. The van der Waals surface area contributed by atoms with E-state index in [0.717, 1.165) is 42.3 Å². The van der Waals surface area contributed by atoms with Crippen LogP contribution < -0.4 is 10.2 Å². The third-order valence-corrected chi connectivity index (χ3v) is 5.26. The Bertz CT molecular complexity index is 809. The molecule has 2 aromatic heterocycles. The van der Waals surface area contributed by atoms with Crippen LogP contribution in [0.3, 0.4) is 0 Å². The molecule has 0 saturated carbocycles. The quantitative estimate of drug-likeness (QED) is 0.903. The second kappa shape index (κ2) is 5.98. The van der Waals surface area contributed by atoms with Gasteiger partial charge in [-0.2, -0.15) is 0 Å². The molecular formula is C18H22N6O. The number of rotatable bonds is 2. The molecule has 2 aromatic rings. The van der Waals surface area contributed by atoms with Crippen molar-refractivity contribution in [2.24, 2.45) is 0 Å². The summed E-state index contributed by atoms with van der Waals surface area (Å²) < 4.78 is 0. The maximum absolute atomic E-state index is 11.9. The Hall–Kier alpha value is -2.70. The van der Waals surface area contributed by atoms with Gasteiger partial charge in [0.05, 0.1) is 12.1 Å². The molecule has 130 valence electrons. The number of anilines is 1. The minimum absolute atomic E-state index is 0.0154. The number of aryl methyl sites for hydroxylation is 1. The molecule has 2 fully saturated rings. The lowest BCUT2D eigenvalue weighted by Gasteiger charge is -2.37. The second-order valence-corrected chi connectivity index (χ2v) is 6.77. The van der Waals surface area contributed by atoms with E-state index >= 15 is 0 Å². The fourth-order valence-electron chi connectivity index (χ4n) is 3.68. The third kappa shape index (κ3) is 2.69. The number of piperidine rings is 1. The highest BCUT2D eigenvalue weighted by molar-refractivity contribution is 5.77. The molecule has 7 heteroatoms. The molecule has 0 aliphatic carbocycles. The van der Waals surface area contributed by atoms with Crippen LogP contribution in [0.25, 0.3) is 11.5 Å². The summed E-state index contributed by atoms with van der Waals surface area (Å²) in [6.07, 6.45) is 2.68. The van der Waals surface area contributed by atoms with Gasteiger partial charge in [0.2, 0.25) is 0 Å². The van der Waals surface area contributed by atoms with Crippen molar-refractivity contribution in [1.82, 2.24) is 25.2 Å². The van der Waals surface area contributed by atoms with Crippen molar-refractivity contribution in [3.05, 3.63) is 35.7 Å². The molecule has 4 heterocycles. The standard InChI is InChI=1S/C18H22N6O/c1-11-12(2)20-16(13-6-4-5-8-19-13)22-17(11)24-9-7-15-14(10-24)21-18(25)23(15)3/h4-6,8,14-15H,7,9-10H2,1-3H3,(H,21,25)/t14-,15+/m1/s1. The maximum atomic E-state index is 11.9. The molecule has 4 rings (SSSR count). The molecule has 0 unspecified atom stereocenters. The van der Waals surface area contributed by atoms with Crippen molar-refractivity contribution in [3.8, 4) is 11.5 Å². The Kier molecular flexibility index (Phi) is 3.78. The number of carbonyl (C=O) groups excluding carboxylic acids is 1. The third-order valence-electron chi connectivity index (χ3n) is 5.26. The topological polar surface area (TPSA) is 74.2 Å². The molecule has 0 bridgehead atoms.